The van der Waals surface area contributed by atoms with Gasteiger partial charge >= 0.3 is 0 Å². The Balaban J connectivity index is 1.70. The molecule has 1 N–H and O–H groups in total. The number of carbonyl (C=O) groups is 1. The van der Waals surface area contributed by atoms with E-state index in [4.69, 9.17) is 23.2 Å². The van der Waals surface area contributed by atoms with Crippen molar-refractivity contribution in [2.45, 2.75) is 19.0 Å². The predicted molar refractivity (Wildman–Crippen MR) is 133 cm³/mol. The minimum Gasteiger partial charge on any atom is -0.323 e. The average Bonchev–Trinajstić information content (AvgIpc) is 2.77. The molecule has 0 spiro atoms. The fraction of sp³-hybridized carbons (Fsp3) is 0.125. The van der Waals surface area contributed by atoms with Crippen LogP contribution in [0.2, 0.25) is 10.0 Å². The van der Waals surface area contributed by atoms with Crippen LogP contribution in [0.5, 0.6) is 0 Å². The molecule has 0 aliphatic heterocycles. The highest BCUT2D eigenvalue weighted by Crippen LogP contribution is 2.30. The summed E-state index contributed by atoms with van der Waals surface area (Å²) in [4.78, 5) is 30.6. The Morgan fingerprint density at radius 2 is 1.72 bits per heavy atom. The number of hydrogen-bond acceptors (Lipinski definition) is 4. The molecule has 8 heteroatoms. The number of para-hydroxylation sites is 2. The van der Waals surface area contributed by atoms with Crippen molar-refractivity contribution in [1.82, 2.24) is 9.55 Å². The first-order valence-corrected chi connectivity index (χ1v) is 11.6. The maximum atomic E-state index is 13.3. The van der Waals surface area contributed by atoms with E-state index >= 15 is 0 Å². The molecular weight excluding hydrogens is 465 g/mol. The maximum Gasteiger partial charge on any atom is 0.266 e. The van der Waals surface area contributed by atoms with E-state index in [1.54, 1.807) is 34.9 Å². The van der Waals surface area contributed by atoms with E-state index in [0.29, 0.717) is 37.5 Å². The number of aryl methyl sites for hydroxylation is 2. The maximum absolute atomic E-state index is 13.3. The third-order valence-electron chi connectivity index (χ3n) is 5.05. The summed E-state index contributed by atoms with van der Waals surface area (Å²) in [5.41, 5.74) is 3.64. The Hall–Kier alpha value is -2.80. The summed E-state index contributed by atoms with van der Waals surface area (Å²) in [5, 5.41) is 4.39. The van der Waals surface area contributed by atoms with E-state index in [1.807, 2.05) is 44.2 Å². The van der Waals surface area contributed by atoms with Crippen molar-refractivity contribution in [2.75, 3.05) is 11.1 Å². The first-order chi connectivity index (χ1) is 15.3. The van der Waals surface area contributed by atoms with E-state index in [1.165, 1.54) is 11.8 Å². The number of nitrogens with zero attached hydrogens (tertiary/aromatic N) is 2. The van der Waals surface area contributed by atoms with Crippen LogP contribution >= 0.6 is 35.0 Å². The van der Waals surface area contributed by atoms with Gasteiger partial charge in [0, 0.05) is 0 Å². The van der Waals surface area contributed by atoms with Gasteiger partial charge in [-0.15, -0.1) is 0 Å². The van der Waals surface area contributed by atoms with Gasteiger partial charge in [-0.1, -0.05) is 59.2 Å². The molecule has 5 nitrogen and oxygen atoms in total. The van der Waals surface area contributed by atoms with E-state index in [9.17, 15) is 9.59 Å². The standard InChI is InChI=1S/C24H19Cl2N3O2S/c1-14-10-11-16(12-15(14)2)29-23(31)17-6-3-4-9-20(17)27-24(29)32-13-21(30)28-22-18(25)7-5-8-19(22)26/h3-12H,13H2,1-2H3,(H,28,30). The topological polar surface area (TPSA) is 64.0 Å². The highest BCUT2D eigenvalue weighted by atomic mass is 35.5. The Bertz CT molecular complexity index is 1380. The van der Waals surface area contributed by atoms with Crippen molar-refractivity contribution in [3.63, 3.8) is 0 Å². The lowest BCUT2D eigenvalue weighted by Gasteiger charge is -2.15. The number of fused-ring (bicyclic) bond motifs is 1. The van der Waals surface area contributed by atoms with Crippen molar-refractivity contribution < 1.29 is 4.79 Å². The van der Waals surface area contributed by atoms with Gasteiger partial charge in [-0.2, -0.15) is 0 Å². The molecule has 1 amide bonds. The zero-order valence-electron chi connectivity index (χ0n) is 17.4. The first-order valence-electron chi connectivity index (χ1n) is 9.81. The van der Waals surface area contributed by atoms with Crippen LogP contribution in [0.4, 0.5) is 5.69 Å². The fourth-order valence-electron chi connectivity index (χ4n) is 3.22. The number of rotatable bonds is 5. The Morgan fingerprint density at radius 3 is 2.44 bits per heavy atom. The molecule has 0 saturated heterocycles. The second kappa shape index (κ2) is 9.36. The van der Waals surface area contributed by atoms with Crippen LogP contribution in [-0.2, 0) is 4.79 Å². The van der Waals surface area contributed by atoms with Gasteiger partial charge in [-0.05, 0) is 61.4 Å². The van der Waals surface area contributed by atoms with Gasteiger partial charge in [0.1, 0.15) is 0 Å². The molecule has 0 bridgehead atoms. The smallest absolute Gasteiger partial charge is 0.266 e. The lowest BCUT2D eigenvalue weighted by Crippen LogP contribution is -2.23. The molecule has 0 unspecified atom stereocenters. The Kier molecular flexibility index (Phi) is 6.55. The molecule has 0 atom stereocenters. The van der Waals surface area contributed by atoms with Gasteiger partial charge in [0.05, 0.1) is 38.1 Å². The summed E-state index contributed by atoms with van der Waals surface area (Å²) < 4.78 is 1.55. The zero-order chi connectivity index (χ0) is 22.8. The van der Waals surface area contributed by atoms with Crippen LogP contribution in [0.25, 0.3) is 16.6 Å². The molecular formula is C24H19Cl2N3O2S. The molecule has 4 rings (SSSR count). The molecule has 162 valence electrons. The highest BCUT2D eigenvalue weighted by molar-refractivity contribution is 7.99. The molecule has 1 heterocycles. The summed E-state index contributed by atoms with van der Waals surface area (Å²) in [7, 11) is 0. The number of hydrogen-bond donors (Lipinski definition) is 1. The minimum absolute atomic E-state index is 0.0250. The number of anilines is 1. The second-order valence-electron chi connectivity index (χ2n) is 7.25. The summed E-state index contributed by atoms with van der Waals surface area (Å²) in [6.45, 7) is 4.01. The number of carbonyl (C=O) groups excluding carboxylic acids is 1. The molecule has 0 aliphatic carbocycles. The summed E-state index contributed by atoms with van der Waals surface area (Å²) in [6, 6.07) is 18.0. The van der Waals surface area contributed by atoms with Gasteiger partial charge < -0.3 is 5.32 Å². The SMILES string of the molecule is Cc1ccc(-n2c(SCC(=O)Nc3c(Cl)cccc3Cl)nc3ccccc3c2=O)cc1C. The van der Waals surface area contributed by atoms with E-state index in [-0.39, 0.29) is 17.2 Å². The van der Waals surface area contributed by atoms with Gasteiger partial charge in [0.25, 0.3) is 5.56 Å². The van der Waals surface area contributed by atoms with Crippen molar-refractivity contribution in [3.8, 4) is 5.69 Å². The average molecular weight is 484 g/mol. The Labute approximate surface area is 199 Å². The van der Waals surface area contributed by atoms with Gasteiger partial charge in [0.15, 0.2) is 5.16 Å². The van der Waals surface area contributed by atoms with Crippen molar-refractivity contribution >= 4 is 57.5 Å². The van der Waals surface area contributed by atoms with E-state index in [0.717, 1.165) is 11.1 Å². The first kappa shape index (κ1) is 22.4. The van der Waals surface area contributed by atoms with Gasteiger partial charge in [-0.25, -0.2) is 4.98 Å². The molecule has 0 aliphatic rings. The quantitative estimate of drug-likeness (QED) is 0.277. The van der Waals surface area contributed by atoms with Crippen LogP contribution in [-0.4, -0.2) is 21.2 Å². The number of thioether (sulfide) groups is 1. The summed E-state index contributed by atoms with van der Waals surface area (Å²) in [5.74, 6) is -0.281. The van der Waals surface area contributed by atoms with E-state index in [2.05, 4.69) is 10.3 Å². The molecule has 4 aromatic rings. The number of nitrogens with one attached hydrogen (secondary N) is 1. The van der Waals surface area contributed by atoms with Crippen molar-refractivity contribution in [2.24, 2.45) is 0 Å². The highest BCUT2D eigenvalue weighted by Gasteiger charge is 2.16. The largest absolute Gasteiger partial charge is 0.323 e. The van der Waals surface area contributed by atoms with Crippen LogP contribution in [0.1, 0.15) is 11.1 Å². The molecule has 1 aromatic heterocycles. The molecule has 0 radical (unpaired) electrons. The second-order valence-corrected chi connectivity index (χ2v) is 9.01. The third-order valence-corrected chi connectivity index (χ3v) is 6.62. The van der Waals surface area contributed by atoms with Crippen molar-refractivity contribution in [3.05, 3.63) is 92.2 Å². The van der Waals surface area contributed by atoms with Crippen LogP contribution in [0.15, 0.2) is 70.6 Å². The number of amides is 1. The summed E-state index contributed by atoms with van der Waals surface area (Å²) >= 11 is 13.5. The van der Waals surface area contributed by atoms with Gasteiger partial charge in [-0.3, -0.25) is 14.2 Å². The third kappa shape index (κ3) is 4.53. The monoisotopic (exact) mass is 483 g/mol. The van der Waals surface area contributed by atoms with E-state index < -0.39 is 0 Å². The predicted octanol–water partition coefficient (Wildman–Crippen LogP) is 6.04. The van der Waals surface area contributed by atoms with Crippen LogP contribution < -0.4 is 10.9 Å². The number of halogens is 2. The lowest BCUT2D eigenvalue weighted by molar-refractivity contribution is -0.113. The van der Waals surface area contributed by atoms with Crippen molar-refractivity contribution in [1.29, 1.82) is 0 Å². The molecule has 32 heavy (non-hydrogen) atoms. The fourth-order valence-corrected chi connectivity index (χ4v) is 4.53. The number of benzene rings is 3. The van der Waals surface area contributed by atoms with Gasteiger partial charge in [0.2, 0.25) is 5.91 Å². The summed E-state index contributed by atoms with van der Waals surface area (Å²) in [6.07, 6.45) is 0. The Morgan fingerprint density at radius 1 is 1.00 bits per heavy atom. The van der Waals surface area contributed by atoms with Crippen LogP contribution in [0.3, 0.4) is 0 Å². The molecule has 0 fully saturated rings. The van der Waals surface area contributed by atoms with Crippen LogP contribution in [0, 0.1) is 13.8 Å². The minimum atomic E-state index is -0.306. The number of aromatic nitrogens is 2. The normalized spacial score (nSPS) is 11.0. The molecule has 0 saturated carbocycles. The molecule has 3 aromatic carbocycles. The lowest BCUT2D eigenvalue weighted by atomic mass is 10.1. The zero-order valence-corrected chi connectivity index (χ0v) is 19.7.